The van der Waals surface area contributed by atoms with Crippen LogP contribution in [-0.2, 0) is 9.59 Å². The molecule has 0 aromatic carbocycles. The second kappa shape index (κ2) is 3.59. The molecule has 1 saturated carbocycles. The quantitative estimate of drug-likeness (QED) is 0.688. The summed E-state index contributed by atoms with van der Waals surface area (Å²) in [6, 6.07) is 0.381. The molecule has 1 saturated heterocycles. The first kappa shape index (κ1) is 9.49. The Morgan fingerprint density at radius 3 is 2.50 bits per heavy atom. The molecule has 14 heavy (non-hydrogen) atoms. The number of carbonyl (C=O) groups excluding carboxylic acids is 2. The molecule has 1 atom stereocenters. The van der Waals surface area contributed by atoms with Crippen LogP contribution in [0.5, 0.6) is 0 Å². The fourth-order valence-electron chi connectivity index (χ4n) is 2.49. The number of nitrogens with zero attached hydrogens (tertiary/aromatic N) is 1. The molecule has 2 amide bonds. The lowest BCUT2D eigenvalue weighted by Gasteiger charge is -2.23. The standard InChI is InChI=1S/C10H16N2O2/c11-10(14)7-5-9(13)12(6-7)8-3-1-2-4-8/h7-8H,1-6H2,(H2,11,14)/t7-/m0/s1. The summed E-state index contributed by atoms with van der Waals surface area (Å²) < 4.78 is 0. The molecule has 1 aliphatic heterocycles. The van der Waals surface area contributed by atoms with E-state index in [2.05, 4.69) is 0 Å². The van der Waals surface area contributed by atoms with E-state index in [1.807, 2.05) is 4.90 Å². The molecular formula is C10H16N2O2. The van der Waals surface area contributed by atoms with Crippen LogP contribution in [0.4, 0.5) is 0 Å². The molecule has 1 heterocycles. The molecule has 0 aromatic heterocycles. The Morgan fingerprint density at radius 1 is 1.36 bits per heavy atom. The average molecular weight is 196 g/mol. The van der Waals surface area contributed by atoms with Crippen molar-refractivity contribution in [3.63, 3.8) is 0 Å². The molecule has 0 radical (unpaired) electrons. The maximum atomic E-state index is 11.6. The van der Waals surface area contributed by atoms with Gasteiger partial charge in [0.05, 0.1) is 5.92 Å². The molecule has 0 spiro atoms. The highest BCUT2D eigenvalue weighted by Gasteiger charge is 2.37. The second-order valence-electron chi connectivity index (χ2n) is 4.29. The average Bonchev–Trinajstić information content (AvgIpc) is 2.71. The minimum Gasteiger partial charge on any atom is -0.369 e. The number of primary amides is 1. The largest absolute Gasteiger partial charge is 0.369 e. The van der Waals surface area contributed by atoms with Crippen molar-refractivity contribution in [3.05, 3.63) is 0 Å². The second-order valence-corrected chi connectivity index (χ2v) is 4.29. The van der Waals surface area contributed by atoms with Crippen molar-refractivity contribution >= 4 is 11.8 Å². The molecule has 4 nitrogen and oxygen atoms in total. The van der Waals surface area contributed by atoms with E-state index in [0.29, 0.717) is 19.0 Å². The van der Waals surface area contributed by atoms with Gasteiger partial charge in [-0.25, -0.2) is 0 Å². The van der Waals surface area contributed by atoms with Crippen LogP contribution in [0.15, 0.2) is 0 Å². The van der Waals surface area contributed by atoms with Gasteiger partial charge in [0.15, 0.2) is 0 Å². The summed E-state index contributed by atoms with van der Waals surface area (Å²) in [6.07, 6.45) is 4.92. The Hall–Kier alpha value is -1.06. The highest BCUT2D eigenvalue weighted by Crippen LogP contribution is 2.29. The van der Waals surface area contributed by atoms with Gasteiger partial charge in [-0.1, -0.05) is 12.8 Å². The predicted octanol–water partition coefficient (Wildman–Crippen LogP) is 0.263. The summed E-state index contributed by atoms with van der Waals surface area (Å²) >= 11 is 0. The summed E-state index contributed by atoms with van der Waals surface area (Å²) in [4.78, 5) is 24.4. The number of likely N-dealkylation sites (tertiary alicyclic amines) is 1. The van der Waals surface area contributed by atoms with Gasteiger partial charge in [-0.3, -0.25) is 9.59 Å². The summed E-state index contributed by atoms with van der Waals surface area (Å²) in [5.74, 6) is -0.470. The molecule has 78 valence electrons. The Bertz CT molecular complexity index is 259. The van der Waals surface area contributed by atoms with E-state index in [4.69, 9.17) is 5.73 Å². The summed E-state index contributed by atoms with van der Waals surface area (Å²) in [5, 5.41) is 0. The van der Waals surface area contributed by atoms with Crippen LogP contribution in [0.3, 0.4) is 0 Å². The van der Waals surface area contributed by atoms with Crippen LogP contribution in [0.1, 0.15) is 32.1 Å². The van der Waals surface area contributed by atoms with E-state index in [9.17, 15) is 9.59 Å². The van der Waals surface area contributed by atoms with Crippen LogP contribution >= 0.6 is 0 Å². The van der Waals surface area contributed by atoms with Gasteiger partial charge in [-0.05, 0) is 12.8 Å². The van der Waals surface area contributed by atoms with E-state index < -0.39 is 0 Å². The molecule has 1 aliphatic carbocycles. The SMILES string of the molecule is NC(=O)[C@H]1CC(=O)N(C2CCCC2)C1. The van der Waals surface area contributed by atoms with Crippen molar-refractivity contribution < 1.29 is 9.59 Å². The van der Waals surface area contributed by atoms with Gasteiger partial charge in [0.25, 0.3) is 0 Å². The van der Waals surface area contributed by atoms with Crippen LogP contribution in [0.25, 0.3) is 0 Å². The maximum Gasteiger partial charge on any atom is 0.223 e. The zero-order valence-electron chi connectivity index (χ0n) is 8.24. The minimum absolute atomic E-state index is 0.112. The Morgan fingerprint density at radius 2 is 2.00 bits per heavy atom. The molecular weight excluding hydrogens is 180 g/mol. The van der Waals surface area contributed by atoms with Crippen molar-refractivity contribution in [1.82, 2.24) is 4.90 Å². The summed E-state index contributed by atoms with van der Waals surface area (Å²) in [7, 11) is 0. The molecule has 0 bridgehead atoms. The van der Waals surface area contributed by atoms with Gasteiger partial charge in [-0.15, -0.1) is 0 Å². The summed E-state index contributed by atoms with van der Waals surface area (Å²) in [6.45, 7) is 0.554. The fourth-order valence-corrected chi connectivity index (χ4v) is 2.49. The monoisotopic (exact) mass is 196 g/mol. The van der Waals surface area contributed by atoms with Gasteiger partial charge in [0.2, 0.25) is 11.8 Å². The van der Waals surface area contributed by atoms with Crippen LogP contribution in [0.2, 0.25) is 0 Å². The van der Waals surface area contributed by atoms with Gasteiger partial charge in [0, 0.05) is 19.0 Å². The third-order valence-corrected chi connectivity index (χ3v) is 3.33. The van der Waals surface area contributed by atoms with E-state index in [1.165, 1.54) is 12.8 Å². The van der Waals surface area contributed by atoms with Crippen molar-refractivity contribution in [3.8, 4) is 0 Å². The molecule has 4 heteroatoms. The number of hydrogen-bond donors (Lipinski definition) is 1. The van der Waals surface area contributed by atoms with E-state index in [1.54, 1.807) is 0 Å². The molecule has 2 N–H and O–H groups in total. The molecule has 0 unspecified atom stereocenters. The van der Waals surface area contributed by atoms with Gasteiger partial charge in [-0.2, -0.15) is 0 Å². The summed E-state index contributed by atoms with van der Waals surface area (Å²) in [5.41, 5.74) is 5.20. The van der Waals surface area contributed by atoms with Gasteiger partial charge < -0.3 is 10.6 Å². The lowest BCUT2D eigenvalue weighted by Crippen LogP contribution is -2.35. The molecule has 2 fully saturated rings. The first-order valence-corrected chi connectivity index (χ1v) is 5.27. The van der Waals surface area contributed by atoms with Crippen LogP contribution < -0.4 is 5.73 Å². The molecule has 2 rings (SSSR count). The van der Waals surface area contributed by atoms with E-state index in [-0.39, 0.29) is 17.7 Å². The minimum atomic E-state index is -0.334. The third-order valence-electron chi connectivity index (χ3n) is 3.33. The van der Waals surface area contributed by atoms with Crippen molar-refractivity contribution in [2.75, 3.05) is 6.54 Å². The number of hydrogen-bond acceptors (Lipinski definition) is 2. The molecule has 2 aliphatic rings. The number of nitrogens with two attached hydrogens (primary N) is 1. The van der Waals surface area contributed by atoms with Crippen LogP contribution in [0, 0.1) is 5.92 Å². The molecule has 0 aromatic rings. The van der Waals surface area contributed by atoms with Crippen molar-refractivity contribution in [2.45, 2.75) is 38.1 Å². The van der Waals surface area contributed by atoms with Crippen LogP contribution in [-0.4, -0.2) is 29.3 Å². The zero-order valence-corrected chi connectivity index (χ0v) is 8.24. The number of carbonyl (C=O) groups is 2. The normalized spacial score (nSPS) is 28.7. The smallest absolute Gasteiger partial charge is 0.223 e. The topological polar surface area (TPSA) is 63.4 Å². The highest BCUT2D eigenvalue weighted by molar-refractivity contribution is 5.88. The van der Waals surface area contributed by atoms with Gasteiger partial charge >= 0.3 is 0 Å². The maximum absolute atomic E-state index is 11.6. The first-order valence-electron chi connectivity index (χ1n) is 5.27. The third kappa shape index (κ3) is 1.61. The predicted molar refractivity (Wildman–Crippen MR) is 51.3 cm³/mol. The van der Waals surface area contributed by atoms with Crippen molar-refractivity contribution in [2.24, 2.45) is 11.7 Å². The van der Waals surface area contributed by atoms with Gasteiger partial charge in [0.1, 0.15) is 0 Å². The lowest BCUT2D eigenvalue weighted by molar-refractivity contribution is -0.130. The Labute approximate surface area is 83.4 Å². The lowest BCUT2D eigenvalue weighted by atomic mass is 10.1. The Kier molecular flexibility index (Phi) is 2.44. The van der Waals surface area contributed by atoms with E-state index >= 15 is 0 Å². The highest BCUT2D eigenvalue weighted by atomic mass is 16.2. The number of rotatable bonds is 2. The number of amides is 2. The van der Waals surface area contributed by atoms with Crippen molar-refractivity contribution in [1.29, 1.82) is 0 Å². The Balaban J connectivity index is 2.00. The zero-order chi connectivity index (χ0) is 10.1. The first-order chi connectivity index (χ1) is 6.68. The fraction of sp³-hybridized carbons (Fsp3) is 0.800. The van der Waals surface area contributed by atoms with E-state index in [0.717, 1.165) is 12.8 Å².